The molecular weight excluding hydrogens is 693 g/mol. The number of carbonyl (C=O) groups is 2. The number of methoxy groups -OCH3 is 1. The Balaban J connectivity index is 1.50. The molecule has 0 unspecified atom stereocenters. The van der Waals surface area contributed by atoms with E-state index in [1.54, 1.807) is 6.92 Å². The van der Waals surface area contributed by atoms with Gasteiger partial charge in [0.05, 0.1) is 13.4 Å². The zero-order valence-corrected chi connectivity index (χ0v) is 34.5. The van der Waals surface area contributed by atoms with E-state index in [2.05, 4.69) is 161 Å². The van der Waals surface area contributed by atoms with Gasteiger partial charge in [0.25, 0.3) is 22.5 Å². The van der Waals surface area contributed by atoms with Crippen molar-refractivity contribution in [1.29, 1.82) is 0 Å². The Hall–Kier alpha value is -4.29. The molecule has 5 rings (SSSR count). The number of imide groups is 1. The summed E-state index contributed by atoms with van der Waals surface area (Å²) in [7, 11) is -4.22. The largest absolute Gasteiger partial charge is 0.504 e. The lowest BCUT2D eigenvalue weighted by Crippen LogP contribution is -2.69. The normalized spacial score (nSPS) is 18.1. The minimum Gasteiger partial charge on any atom is -0.504 e. The van der Waals surface area contributed by atoms with Gasteiger partial charge in [-0.2, -0.15) is 0 Å². The number of carbonyl (C=O) groups excluding carboxylic acids is 2. The van der Waals surface area contributed by atoms with Crippen LogP contribution in [0.2, 0.25) is 10.1 Å². The standard InChI is InChI=1S/C44H56N2O5Si2/c1-33(30-49-8)41(47)46-42(48)45-40-29-34(31-50-52(43(2,3)4,35-21-13-9-14-22-35)36-23-15-10-16-24-36)39(40)32-51-53(44(5,6)7,37-25-17-11-18-26-37)38-27-19-12-20-28-38/h9-28,30,34,39-40H,29,31-32H2,1-8H3,(H2,45,46,47,48)/t34-,39+,40-/m1/s1. The number of hydrogen-bond donors (Lipinski definition) is 2. The molecule has 0 radical (unpaired) electrons. The Labute approximate surface area is 318 Å². The Morgan fingerprint density at radius 3 is 1.40 bits per heavy atom. The lowest BCUT2D eigenvalue weighted by Gasteiger charge is -2.50. The van der Waals surface area contributed by atoms with Crippen molar-refractivity contribution in [2.75, 3.05) is 20.3 Å². The fourth-order valence-corrected chi connectivity index (χ4v) is 17.2. The van der Waals surface area contributed by atoms with Crippen LogP contribution in [0.25, 0.3) is 0 Å². The van der Waals surface area contributed by atoms with Gasteiger partial charge in [0.15, 0.2) is 0 Å². The molecule has 0 saturated heterocycles. The van der Waals surface area contributed by atoms with Gasteiger partial charge in [0, 0.05) is 30.7 Å². The Kier molecular flexibility index (Phi) is 12.7. The number of rotatable bonds is 13. The summed E-state index contributed by atoms with van der Waals surface area (Å²) in [6.45, 7) is 16.2. The van der Waals surface area contributed by atoms with Gasteiger partial charge < -0.3 is 18.9 Å². The molecule has 1 saturated carbocycles. The first-order valence-electron chi connectivity index (χ1n) is 18.6. The maximum absolute atomic E-state index is 13.3. The summed E-state index contributed by atoms with van der Waals surface area (Å²) in [5, 5.41) is 10.1. The lowest BCUT2D eigenvalue weighted by atomic mass is 9.70. The third-order valence-electron chi connectivity index (χ3n) is 10.7. The second kappa shape index (κ2) is 16.8. The zero-order valence-electron chi connectivity index (χ0n) is 32.5. The summed E-state index contributed by atoms with van der Waals surface area (Å²) in [4.78, 5) is 26.0. The average Bonchev–Trinajstić information content (AvgIpc) is 3.13. The second-order valence-corrected chi connectivity index (χ2v) is 24.8. The van der Waals surface area contributed by atoms with Crippen molar-refractivity contribution in [3.8, 4) is 0 Å². The van der Waals surface area contributed by atoms with E-state index in [1.165, 1.54) is 34.1 Å². The van der Waals surface area contributed by atoms with Crippen LogP contribution >= 0.6 is 0 Å². The first-order valence-corrected chi connectivity index (χ1v) is 22.4. The molecule has 4 aromatic carbocycles. The van der Waals surface area contributed by atoms with Crippen molar-refractivity contribution >= 4 is 49.3 Å². The molecule has 0 bridgehead atoms. The van der Waals surface area contributed by atoms with E-state index in [-0.39, 0.29) is 28.0 Å². The van der Waals surface area contributed by atoms with Crippen LogP contribution < -0.4 is 31.4 Å². The van der Waals surface area contributed by atoms with Crippen LogP contribution in [-0.4, -0.2) is 54.9 Å². The Morgan fingerprint density at radius 2 is 1.04 bits per heavy atom. The highest BCUT2D eigenvalue weighted by Crippen LogP contribution is 2.43. The minimum atomic E-state index is -2.87. The fourth-order valence-electron chi connectivity index (χ4n) is 8.03. The lowest BCUT2D eigenvalue weighted by molar-refractivity contribution is -0.116. The molecule has 3 amide bonds. The molecule has 1 fully saturated rings. The highest BCUT2D eigenvalue weighted by atomic mass is 28.4. The summed E-state index contributed by atoms with van der Waals surface area (Å²) in [5.74, 6) is -0.465. The van der Waals surface area contributed by atoms with Crippen molar-refractivity contribution < 1.29 is 23.2 Å². The molecule has 1 aliphatic carbocycles. The fraction of sp³-hybridized carbons (Fsp3) is 0.364. The van der Waals surface area contributed by atoms with Gasteiger partial charge in [-0.25, -0.2) is 4.79 Å². The van der Waals surface area contributed by atoms with Gasteiger partial charge in [-0.05, 0) is 50.1 Å². The van der Waals surface area contributed by atoms with Crippen LogP contribution in [0.15, 0.2) is 133 Å². The summed E-state index contributed by atoms with van der Waals surface area (Å²) >= 11 is 0. The third kappa shape index (κ3) is 8.44. The Bertz CT molecular complexity index is 1750. The SMILES string of the molecule is COC=C(C)C(=O)NC(=O)N[C@@H]1C[C@H](CO[Si](c2ccccc2)(c2ccccc2)C(C)(C)C)[C@@H]1CO[Si](c1ccccc1)(c1ccccc1)C(C)(C)C. The van der Waals surface area contributed by atoms with E-state index in [0.29, 0.717) is 25.2 Å². The van der Waals surface area contributed by atoms with Gasteiger partial charge >= 0.3 is 6.03 Å². The number of ether oxygens (including phenoxy) is 1. The molecule has 0 aromatic heterocycles. The molecule has 0 spiro atoms. The van der Waals surface area contributed by atoms with Crippen molar-refractivity contribution in [3.05, 3.63) is 133 Å². The first-order chi connectivity index (χ1) is 25.2. The van der Waals surface area contributed by atoms with Gasteiger partial charge in [-0.15, -0.1) is 0 Å². The smallest absolute Gasteiger partial charge is 0.321 e. The predicted molar refractivity (Wildman–Crippen MR) is 220 cm³/mol. The topological polar surface area (TPSA) is 85.9 Å². The van der Waals surface area contributed by atoms with Crippen LogP contribution in [0, 0.1) is 11.8 Å². The predicted octanol–water partition coefficient (Wildman–Crippen LogP) is 6.52. The monoisotopic (exact) mass is 748 g/mol. The molecule has 2 N–H and O–H groups in total. The number of amides is 3. The quantitative estimate of drug-likeness (QED) is 0.0925. The number of benzene rings is 4. The molecule has 4 aromatic rings. The van der Waals surface area contributed by atoms with Crippen LogP contribution in [0.1, 0.15) is 54.9 Å². The van der Waals surface area contributed by atoms with Gasteiger partial charge in [-0.1, -0.05) is 163 Å². The van der Waals surface area contributed by atoms with Crippen LogP contribution in [0.5, 0.6) is 0 Å². The van der Waals surface area contributed by atoms with Crippen molar-refractivity contribution in [2.24, 2.45) is 11.8 Å². The van der Waals surface area contributed by atoms with Crippen LogP contribution in [-0.2, 0) is 18.4 Å². The second-order valence-electron chi connectivity index (χ2n) is 16.2. The molecule has 9 heteroatoms. The number of hydrogen-bond acceptors (Lipinski definition) is 5. The van der Waals surface area contributed by atoms with Crippen molar-refractivity contribution in [1.82, 2.24) is 10.6 Å². The summed E-state index contributed by atoms with van der Waals surface area (Å²) in [6.07, 6.45) is 2.02. The maximum atomic E-state index is 13.3. The first kappa shape index (κ1) is 39.9. The minimum absolute atomic E-state index is 0.0636. The zero-order chi connectivity index (χ0) is 38.3. The highest BCUT2D eigenvalue weighted by molar-refractivity contribution is 7.00. The van der Waals surface area contributed by atoms with E-state index < -0.39 is 28.6 Å². The van der Waals surface area contributed by atoms with E-state index in [1.807, 2.05) is 12.1 Å². The molecule has 1 aliphatic rings. The van der Waals surface area contributed by atoms with Crippen LogP contribution in [0.4, 0.5) is 4.79 Å². The summed E-state index contributed by atoms with van der Waals surface area (Å²) < 4.78 is 19.9. The molecule has 3 atom stereocenters. The van der Waals surface area contributed by atoms with E-state index in [4.69, 9.17) is 13.6 Å². The van der Waals surface area contributed by atoms with E-state index in [9.17, 15) is 9.59 Å². The Morgan fingerprint density at radius 1 is 0.660 bits per heavy atom. The average molecular weight is 749 g/mol. The van der Waals surface area contributed by atoms with Crippen LogP contribution in [0.3, 0.4) is 0 Å². The third-order valence-corrected chi connectivity index (χ3v) is 20.7. The molecule has 0 heterocycles. The van der Waals surface area contributed by atoms with E-state index in [0.717, 1.165) is 0 Å². The summed E-state index contributed by atoms with van der Waals surface area (Å²) in [6, 6.07) is 41.8. The molecular formula is C44H56N2O5Si2. The number of nitrogens with one attached hydrogen (secondary N) is 2. The van der Waals surface area contributed by atoms with Crippen molar-refractivity contribution in [2.45, 2.75) is 71.0 Å². The summed E-state index contributed by atoms with van der Waals surface area (Å²) in [5.41, 5.74) is 0.305. The molecule has 7 nitrogen and oxygen atoms in total. The molecule has 0 aliphatic heterocycles. The van der Waals surface area contributed by atoms with E-state index >= 15 is 0 Å². The van der Waals surface area contributed by atoms with Gasteiger partial charge in [-0.3, -0.25) is 10.1 Å². The molecule has 280 valence electrons. The highest BCUT2D eigenvalue weighted by Gasteiger charge is 2.54. The molecule has 53 heavy (non-hydrogen) atoms. The van der Waals surface area contributed by atoms with Gasteiger partial charge in [0.1, 0.15) is 0 Å². The van der Waals surface area contributed by atoms with Gasteiger partial charge in [0.2, 0.25) is 0 Å². The van der Waals surface area contributed by atoms with Crippen molar-refractivity contribution in [3.63, 3.8) is 0 Å². The maximum Gasteiger partial charge on any atom is 0.321 e. The number of urea groups is 1.